The fourth-order valence-corrected chi connectivity index (χ4v) is 3.51. The fraction of sp³-hybridized carbons (Fsp3) is 0.211. The second-order valence-corrected chi connectivity index (χ2v) is 7.51. The van der Waals surface area contributed by atoms with Crippen LogP contribution < -0.4 is 4.74 Å². The number of rotatable bonds is 7. The van der Waals surface area contributed by atoms with Gasteiger partial charge in [0.15, 0.2) is 6.61 Å². The lowest BCUT2D eigenvalue weighted by Gasteiger charge is -2.21. The van der Waals surface area contributed by atoms with Crippen LogP contribution in [-0.4, -0.2) is 17.4 Å². The first-order valence-corrected chi connectivity index (χ1v) is 9.50. The van der Waals surface area contributed by atoms with Gasteiger partial charge in [-0.25, -0.2) is 0 Å². The van der Waals surface area contributed by atoms with Gasteiger partial charge in [0.2, 0.25) is 0 Å². The van der Waals surface area contributed by atoms with Crippen LogP contribution in [0.4, 0.5) is 0 Å². The lowest BCUT2D eigenvalue weighted by molar-refractivity contribution is -0.134. The van der Waals surface area contributed by atoms with Crippen molar-refractivity contribution in [3.63, 3.8) is 0 Å². The molecule has 0 radical (unpaired) electrons. The van der Waals surface area contributed by atoms with Crippen LogP contribution in [0.1, 0.15) is 16.2 Å². The van der Waals surface area contributed by atoms with E-state index in [9.17, 15) is 4.79 Å². The van der Waals surface area contributed by atoms with Crippen LogP contribution in [0, 0.1) is 6.92 Å². The van der Waals surface area contributed by atoms with Crippen molar-refractivity contribution in [2.24, 2.45) is 0 Å². The molecule has 1 amide bonds. The molecule has 0 aliphatic rings. The third-order valence-corrected chi connectivity index (χ3v) is 5.29. The molecule has 2 heterocycles. The molecule has 0 saturated carbocycles. The highest BCUT2D eigenvalue weighted by Gasteiger charge is 2.18. The number of halogens is 1. The van der Waals surface area contributed by atoms with E-state index in [4.69, 9.17) is 9.15 Å². The first-order valence-electron chi connectivity index (χ1n) is 7.83. The number of furan rings is 1. The van der Waals surface area contributed by atoms with Crippen LogP contribution in [0.25, 0.3) is 0 Å². The Morgan fingerprint density at radius 3 is 2.64 bits per heavy atom. The number of benzene rings is 1. The Balaban J connectivity index is 1.67. The number of carbonyl (C=O) groups excluding carboxylic acids is 1. The summed E-state index contributed by atoms with van der Waals surface area (Å²) in [5.74, 6) is 1.35. The van der Waals surface area contributed by atoms with E-state index in [-0.39, 0.29) is 12.5 Å². The molecule has 4 nitrogen and oxygen atoms in total. The molecule has 2 aromatic heterocycles. The topological polar surface area (TPSA) is 42.7 Å². The Morgan fingerprint density at radius 2 is 2.00 bits per heavy atom. The zero-order chi connectivity index (χ0) is 17.6. The quantitative estimate of drug-likeness (QED) is 0.539. The number of carbonyl (C=O) groups is 1. The second-order valence-electron chi connectivity index (χ2n) is 5.60. The highest BCUT2D eigenvalue weighted by molar-refractivity contribution is 9.10. The van der Waals surface area contributed by atoms with E-state index in [1.165, 1.54) is 10.4 Å². The Bertz CT molecular complexity index is 812. The van der Waals surface area contributed by atoms with Gasteiger partial charge in [-0.2, -0.15) is 0 Å². The summed E-state index contributed by atoms with van der Waals surface area (Å²) >= 11 is 5.04. The molecule has 130 valence electrons. The second kappa shape index (κ2) is 8.36. The van der Waals surface area contributed by atoms with E-state index in [0.29, 0.717) is 18.8 Å². The highest BCUT2D eigenvalue weighted by Crippen LogP contribution is 2.20. The van der Waals surface area contributed by atoms with Gasteiger partial charge in [0, 0.05) is 9.35 Å². The first kappa shape index (κ1) is 17.8. The molecule has 0 aliphatic heterocycles. The number of hydrogen-bond acceptors (Lipinski definition) is 4. The fourth-order valence-electron chi connectivity index (χ4n) is 2.33. The van der Waals surface area contributed by atoms with Gasteiger partial charge >= 0.3 is 0 Å². The van der Waals surface area contributed by atoms with Crippen molar-refractivity contribution >= 4 is 33.2 Å². The monoisotopic (exact) mass is 419 g/mol. The van der Waals surface area contributed by atoms with Crippen molar-refractivity contribution in [2.45, 2.75) is 20.0 Å². The Morgan fingerprint density at radius 1 is 1.20 bits per heavy atom. The number of thiophene rings is 1. The molecule has 6 heteroatoms. The minimum atomic E-state index is -0.0767. The van der Waals surface area contributed by atoms with Gasteiger partial charge in [-0.1, -0.05) is 15.9 Å². The zero-order valence-electron chi connectivity index (χ0n) is 13.8. The van der Waals surface area contributed by atoms with E-state index >= 15 is 0 Å². The Kier molecular flexibility index (Phi) is 5.94. The van der Waals surface area contributed by atoms with Crippen molar-refractivity contribution in [3.05, 3.63) is 74.8 Å². The average molecular weight is 420 g/mol. The van der Waals surface area contributed by atoms with E-state index in [1.54, 1.807) is 22.5 Å². The molecular weight excluding hydrogens is 402 g/mol. The minimum absolute atomic E-state index is 0.00718. The summed E-state index contributed by atoms with van der Waals surface area (Å²) in [6.45, 7) is 3.02. The summed E-state index contributed by atoms with van der Waals surface area (Å²) in [7, 11) is 0. The number of amides is 1. The van der Waals surface area contributed by atoms with Crippen molar-refractivity contribution in [1.29, 1.82) is 0 Å². The third-order valence-electron chi connectivity index (χ3n) is 3.76. The minimum Gasteiger partial charge on any atom is -0.484 e. The van der Waals surface area contributed by atoms with Crippen LogP contribution in [0.5, 0.6) is 5.75 Å². The standard InChI is InChI=1S/C19H18BrNO3S/c1-14-8-10-25-18(14)12-21(11-17-3-2-9-23-17)19(22)13-24-16-6-4-15(20)5-7-16/h2-10H,11-13H2,1H3. The summed E-state index contributed by atoms with van der Waals surface area (Å²) in [6.07, 6.45) is 1.62. The summed E-state index contributed by atoms with van der Waals surface area (Å²) in [6, 6.07) is 13.2. The van der Waals surface area contributed by atoms with Crippen LogP contribution in [-0.2, 0) is 17.9 Å². The number of ether oxygens (including phenoxy) is 1. The van der Waals surface area contributed by atoms with Crippen molar-refractivity contribution in [3.8, 4) is 5.75 Å². The normalized spacial score (nSPS) is 10.6. The van der Waals surface area contributed by atoms with Crippen LogP contribution in [0.15, 0.2) is 63.0 Å². The molecule has 0 aliphatic carbocycles. The molecule has 25 heavy (non-hydrogen) atoms. The van der Waals surface area contributed by atoms with E-state index < -0.39 is 0 Å². The summed E-state index contributed by atoms with van der Waals surface area (Å²) < 4.78 is 12.0. The maximum Gasteiger partial charge on any atom is 0.261 e. The van der Waals surface area contributed by atoms with Crippen LogP contribution >= 0.6 is 27.3 Å². The largest absolute Gasteiger partial charge is 0.484 e. The Hall–Kier alpha value is -2.05. The van der Waals surface area contributed by atoms with Crippen LogP contribution in [0.3, 0.4) is 0 Å². The molecule has 0 spiro atoms. The summed E-state index contributed by atoms with van der Waals surface area (Å²) in [4.78, 5) is 15.6. The van der Waals surface area contributed by atoms with Gasteiger partial charge in [0.05, 0.1) is 19.4 Å². The van der Waals surface area contributed by atoms with Gasteiger partial charge in [0.1, 0.15) is 11.5 Å². The zero-order valence-corrected chi connectivity index (χ0v) is 16.2. The highest BCUT2D eigenvalue weighted by atomic mass is 79.9. The number of nitrogens with zero attached hydrogens (tertiary/aromatic N) is 1. The number of hydrogen-bond donors (Lipinski definition) is 0. The van der Waals surface area contributed by atoms with Gasteiger partial charge < -0.3 is 14.1 Å². The molecule has 0 bridgehead atoms. The van der Waals surface area contributed by atoms with Crippen molar-refractivity contribution in [1.82, 2.24) is 4.90 Å². The van der Waals surface area contributed by atoms with Gasteiger partial charge in [0.25, 0.3) is 5.91 Å². The molecule has 0 atom stereocenters. The first-order chi connectivity index (χ1) is 12.1. The summed E-state index contributed by atoms with van der Waals surface area (Å²) in [5, 5.41) is 2.04. The maximum atomic E-state index is 12.7. The lowest BCUT2D eigenvalue weighted by atomic mass is 10.2. The number of aryl methyl sites for hydroxylation is 1. The smallest absolute Gasteiger partial charge is 0.261 e. The average Bonchev–Trinajstić information content (AvgIpc) is 3.26. The van der Waals surface area contributed by atoms with E-state index in [0.717, 1.165) is 10.2 Å². The molecule has 0 N–H and O–H groups in total. The third kappa shape index (κ3) is 4.96. The SMILES string of the molecule is Cc1ccsc1CN(Cc1ccco1)C(=O)COc1ccc(Br)cc1. The molecule has 0 fully saturated rings. The molecule has 0 saturated heterocycles. The maximum absolute atomic E-state index is 12.7. The Labute approximate surface area is 159 Å². The molecule has 3 rings (SSSR count). The van der Waals surface area contributed by atoms with E-state index in [1.807, 2.05) is 41.8 Å². The van der Waals surface area contributed by atoms with E-state index in [2.05, 4.69) is 28.9 Å². The van der Waals surface area contributed by atoms with Crippen molar-refractivity contribution in [2.75, 3.05) is 6.61 Å². The molecule has 1 aromatic carbocycles. The van der Waals surface area contributed by atoms with Gasteiger partial charge in [-0.05, 0) is 60.3 Å². The predicted molar refractivity (Wildman–Crippen MR) is 102 cm³/mol. The van der Waals surface area contributed by atoms with Gasteiger partial charge in [-0.3, -0.25) is 4.79 Å². The van der Waals surface area contributed by atoms with Crippen molar-refractivity contribution < 1.29 is 13.9 Å². The predicted octanol–water partition coefficient (Wildman–Crippen LogP) is 5.02. The van der Waals surface area contributed by atoms with Crippen LogP contribution in [0.2, 0.25) is 0 Å². The molecule has 0 unspecified atom stereocenters. The van der Waals surface area contributed by atoms with Gasteiger partial charge in [-0.15, -0.1) is 11.3 Å². The summed E-state index contributed by atoms with van der Waals surface area (Å²) in [5.41, 5.74) is 1.19. The lowest BCUT2D eigenvalue weighted by Crippen LogP contribution is -2.33. The molecule has 3 aromatic rings. The molecular formula is C19H18BrNO3S.